The van der Waals surface area contributed by atoms with E-state index >= 15 is 0 Å². The molecule has 0 heterocycles. The van der Waals surface area contributed by atoms with Crippen molar-refractivity contribution in [2.24, 2.45) is 5.41 Å². The summed E-state index contributed by atoms with van der Waals surface area (Å²) in [7, 11) is 0. The minimum absolute atomic E-state index is 0.0448. The average molecular weight is 291 g/mol. The van der Waals surface area contributed by atoms with Gasteiger partial charge in [-0.15, -0.1) is 0 Å². The first-order valence-electron chi connectivity index (χ1n) is 7.49. The Morgan fingerprint density at radius 1 is 1.24 bits per heavy atom. The van der Waals surface area contributed by atoms with Gasteiger partial charge in [0.15, 0.2) is 0 Å². The molecule has 1 rings (SSSR count). The van der Waals surface area contributed by atoms with Crippen molar-refractivity contribution in [3.05, 3.63) is 35.4 Å². The van der Waals surface area contributed by atoms with Gasteiger partial charge in [-0.25, -0.2) is 0 Å². The van der Waals surface area contributed by atoms with Crippen molar-refractivity contribution in [3.63, 3.8) is 0 Å². The third-order valence-electron chi connectivity index (χ3n) is 4.12. The summed E-state index contributed by atoms with van der Waals surface area (Å²) in [5.41, 5.74) is 1.43. The number of aliphatic carboxylic acids is 1. The van der Waals surface area contributed by atoms with Crippen molar-refractivity contribution in [1.29, 1.82) is 0 Å². The van der Waals surface area contributed by atoms with Crippen LogP contribution in [0.4, 0.5) is 0 Å². The fraction of sp³-hybridized carbons (Fsp3) is 0.529. The molecule has 0 atom stereocenters. The standard InChI is InChI=1S/C17H25NO3/c1-4-17(5-2,16(20)21)12-15(19)18-10-9-14-8-6-7-13(3)11-14/h6-8,11H,4-5,9-10,12H2,1-3H3,(H,18,19)(H,20,21). The molecule has 0 aliphatic heterocycles. The summed E-state index contributed by atoms with van der Waals surface area (Å²) in [6.07, 6.45) is 1.73. The van der Waals surface area contributed by atoms with Crippen LogP contribution in [0.1, 0.15) is 44.2 Å². The molecule has 0 bridgehead atoms. The maximum absolute atomic E-state index is 12.0. The van der Waals surface area contributed by atoms with Crippen molar-refractivity contribution in [2.75, 3.05) is 6.54 Å². The summed E-state index contributed by atoms with van der Waals surface area (Å²) in [4.78, 5) is 23.3. The van der Waals surface area contributed by atoms with Gasteiger partial charge in [0.1, 0.15) is 0 Å². The SMILES string of the molecule is CCC(CC)(CC(=O)NCCc1cccc(C)c1)C(=O)O. The van der Waals surface area contributed by atoms with Gasteiger partial charge in [-0.1, -0.05) is 43.7 Å². The van der Waals surface area contributed by atoms with Crippen LogP contribution in [0.25, 0.3) is 0 Å². The highest BCUT2D eigenvalue weighted by molar-refractivity contribution is 5.84. The van der Waals surface area contributed by atoms with E-state index in [9.17, 15) is 14.7 Å². The van der Waals surface area contributed by atoms with Crippen molar-refractivity contribution >= 4 is 11.9 Å². The van der Waals surface area contributed by atoms with E-state index in [0.29, 0.717) is 19.4 Å². The first-order valence-corrected chi connectivity index (χ1v) is 7.49. The normalized spacial score (nSPS) is 11.2. The number of nitrogens with one attached hydrogen (secondary N) is 1. The molecule has 4 heteroatoms. The van der Waals surface area contributed by atoms with E-state index in [2.05, 4.69) is 11.4 Å². The Bertz CT molecular complexity index is 493. The van der Waals surface area contributed by atoms with E-state index < -0.39 is 11.4 Å². The van der Waals surface area contributed by atoms with Gasteiger partial charge in [-0.3, -0.25) is 9.59 Å². The number of aryl methyl sites for hydroxylation is 1. The van der Waals surface area contributed by atoms with Gasteiger partial charge in [-0.05, 0) is 31.7 Å². The van der Waals surface area contributed by atoms with Crippen LogP contribution in [-0.4, -0.2) is 23.5 Å². The number of hydrogen-bond donors (Lipinski definition) is 2. The monoisotopic (exact) mass is 291 g/mol. The summed E-state index contributed by atoms with van der Waals surface area (Å²) < 4.78 is 0. The lowest BCUT2D eigenvalue weighted by atomic mass is 9.79. The van der Waals surface area contributed by atoms with Crippen LogP contribution in [0.3, 0.4) is 0 Å². The van der Waals surface area contributed by atoms with Crippen LogP contribution in [0.5, 0.6) is 0 Å². The molecule has 4 nitrogen and oxygen atoms in total. The van der Waals surface area contributed by atoms with Crippen LogP contribution in [0.15, 0.2) is 24.3 Å². The van der Waals surface area contributed by atoms with Gasteiger partial charge in [0.25, 0.3) is 0 Å². The molecule has 0 aliphatic carbocycles. The second-order valence-corrected chi connectivity index (χ2v) is 5.56. The summed E-state index contributed by atoms with van der Waals surface area (Å²) in [5.74, 6) is -1.07. The van der Waals surface area contributed by atoms with Crippen LogP contribution >= 0.6 is 0 Å². The maximum atomic E-state index is 12.0. The lowest BCUT2D eigenvalue weighted by molar-refractivity contribution is -0.152. The molecule has 2 N–H and O–H groups in total. The average Bonchev–Trinajstić information content (AvgIpc) is 2.44. The molecule has 0 unspecified atom stereocenters. The summed E-state index contributed by atoms with van der Waals surface area (Å²) in [6.45, 7) is 6.20. The number of carbonyl (C=O) groups excluding carboxylic acids is 1. The molecule has 1 aromatic carbocycles. The Kier molecular flexibility index (Phi) is 6.40. The number of carboxylic acid groups (broad SMARTS) is 1. The predicted molar refractivity (Wildman–Crippen MR) is 83.2 cm³/mol. The number of hydrogen-bond acceptors (Lipinski definition) is 2. The van der Waals surface area contributed by atoms with Crippen LogP contribution in [0, 0.1) is 12.3 Å². The Hall–Kier alpha value is -1.84. The first kappa shape index (κ1) is 17.2. The van der Waals surface area contributed by atoms with Crippen molar-refractivity contribution in [2.45, 2.75) is 46.5 Å². The minimum atomic E-state index is -0.937. The molecular formula is C17H25NO3. The zero-order valence-corrected chi connectivity index (χ0v) is 13.1. The molecule has 116 valence electrons. The van der Waals surface area contributed by atoms with Crippen LogP contribution in [-0.2, 0) is 16.0 Å². The zero-order valence-electron chi connectivity index (χ0n) is 13.1. The molecule has 0 fully saturated rings. The van der Waals surface area contributed by atoms with E-state index in [4.69, 9.17) is 0 Å². The predicted octanol–water partition coefficient (Wildman–Crippen LogP) is 2.93. The molecule has 21 heavy (non-hydrogen) atoms. The fourth-order valence-electron chi connectivity index (χ4n) is 2.46. The summed E-state index contributed by atoms with van der Waals surface area (Å²) in [6, 6.07) is 8.15. The van der Waals surface area contributed by atoms with E-state index in [0.717, 1.165) is 6.42 Å². The topological polar surface area (TPSA) is 66.4 Å². The molecule has 0 aromatic heterocycles. The number of carbonyl (C=O) groups is 2. The Morgan fingerprint density at radius 2 is 1.90 bits per heavy atom. The molecule has 0 radical (unpaired) electrons. The molecule has 0 saturated carbocycles. The number of amides is 1. The van der Waals surface area contributed by atoms with E-state index in [1.54, 1.807) is 0 Å². The van der Waals surface area contributed by atoms with Gasteiger partial charge in [-0.2, -0.15) is 0 Å². The highest BCUT2D eigenvalue weighted by atomic mass is 16.4. The quantitative estimate of drug-likeness (QED) is 0.774. The Labute approximate surface area is 126 Å². The number of carboxylic acids is 1. The first-order chi connectivity index (χ1) is 9.93. The fourth-order valence-corrected chi connectivity index (χ4v) is 2.46. The van der Waals surface area contributed by atoms with Crippen LogP contribution in [0.2, 0.25) is 0 Å². The smallest absolute Gasteiger partial charge is 0.310 e. The van der Waals surface area contributed by atoms with Crippen molar-refractivity contribution < 1.29 is 14.7 Å². The van der Waals surface area contributed by atoms with Crippen LogP contribution < -0.4 is 5.32 Å². The molecule has 0 saturated heterocycles. The minimum Gasteiger partial charge on any atom is -0.481 e. The number of rotatable bonds is 8. The summed E-state index contributed by atoms with van der Waals surface area (Å²) in [5, 5.41) is 12.2. The second-order valence-electron chi connectivity index (χ2n) is 5.56. The van der Waals surface area contributed by atoms with E-state index in [1.165, 1.54) is 11.1 Å². The second kappa shape index (κ2) is 7.81. The molecule has 0 spiro atoms. The Balaban J connectivity index is 2.48. The van der Waals surface area contributed by atoms with Crippen molar-refractivity contribution in [3.8, 4) is 0 Å². The highest BCUT2D eigenvalue weighted by Gasteiger charge is 2.36. The molecule has 1 aromatic rings. The van der Waals surface area contributed by atoms with Gasteiger partial charge >= 0.3 is 5.97 Å². The molecule has 0 aliphatic rings. The lowest BCUT2D eigenvalue weighted by Crippen LogP contribution is -2.37. The highest BCUT2D eigenvalue weighted by Crippen LogP contribution is 2.30. The third kappa shape index (κ3) is 4.88. The van der Waals surface area contributed by atoms with Gasteiger partial charge < -0.3 is 10.4 Å². The maximum Gasteiger partial charge on any atom is 0.310 e. The molecular weight excluding hydrogens is 266 g/mol. The van der Waals surface area contributed by atoms with E-state index in [-0.39, 0.29) is 12.3 Å². The van der Waals surface area contributed by atoms with E-state index in [1.807, 2.05) is 39.0 Å². The third-order valence-corrected chi connectivity index (χ3v) is 4.12. The largest absolute Gasteiger partial charge is 0.481 e. The van der Waals surface area contributed by atoms with Gasteiger partial charge in [0, 0.05) is 13.0 Å². The lowest BCUT2D eigenvalue weighted by Gasteiger charge is -2.25. The van der Waals surface area contributed by atoms with Gasteiger partial charge in [0.05, 0.1) is 5.41 Å². The van der Waals surface area contributed by atoms with Gasteiger partial charge in [0.2, 0.25) is 5.91 Å². The summed E-state index contributed by atoms with van der Waals surface area (Å²) >= 11 is 0. The molecule has 1 amide bonds. The number of benzene rings is 1. The Morgan fingerprint density at radius 3 is 2.43 bits per heavy atom. The van der Waals surface area contributed by atoms with Crippen molar-refractivity contribution in [1.82, 2.24) is 5.32 Å². The zero-order chi connectivity index (χ0) is 15.9.